The third-order valence-electron chi connectivity index (χ3n) is 6.86. The van der Waals surface area contributed by atoms with Crippen molar-refractivity contribution in [3.05, 3.63) is 0 Å². The second-order valence-electron chi connectivity index (χ2n) is 8.20. The molecule has 3 aliphatic rings. The maximum absolute atomic E-state index is 6.07. The first-order valence-electron chi connectivity index (χ1n) is 9.93. The topological polar surface area (TPSA) is 9.23 Å². The second kappa shape index (κ2) is 7.49. The van der Waals surface area contributed by atoms with Crippen LogP contribution in [0.5, 0.6) is 0 Å². The molecule has 122 valence electrons. The largest absolute Gasteiger partial charge is 0.378 e. The molecule has 0 bridgehead atoms. The minimum absolute atomic E-state index is 0.596. The fourth-order valence-corrected chi connectivity index (χ4v) is 5.95. The Morgan fingerprint density at radius 3 is 2.19 bits per heavy atom. The first kappa shape index (κ1) is 15.8. The molecule has 3 aliphatic carbocycles. The molecule has 4 unspecified atom stereocenters. The highest BCUT2D eigenvalue weighted by Gasteiger charge is 2.44. The molecule has 3 fully saturated rings. The number of hydrogen-bond donors (Lipinski definition) is 0. The molecular formula is C20H36O. The van der Waals surface area contributed by atoms with Gasteiger partial charge in [-0.2, -0.15) is 0 Å². The lowest BCUT2D eigenvalue weighted by molar-refractivity contribution is -0.0530. The molecule has 0 radical (unpaired) electrons. The molecular weight excluding hydrogens is 256 g/mol. The molecule has 1 nitrogen and oxygen atoms in total. The maximum Gasteiger partial charge on any atom is 0.0578 e. The van der Waals surface area contributed by atoms with E-state index in [1.807, 2.05) is 0 Å². The van der Waals surface area contributed by atoms with Gasteiger partial charge >= 0.3 is 0 Å². The van der Waals surface area contributed by atoms with Crippen molar-refractivity contribution in [2.24, 2.45) is 29.6 Å². The Bertz CT molecular complexity index is 313. The molecule has 0 aromatic carbocycles. The van der Waals surface area contributed by atoms with E-state index in [9.17, 15) is 0 Å². The molecule has 0 N–H and O–H groups in total. The summed E-state index contributed by atoms with van der Waals surface area (Å²) in [5.74, 6) is 5.31. The lowest BCUT2D eigenvalue weighted by Gasteiger charge is -2.50. The van der Waals surface area contributed by atoms with Gasteiger partial charge in [0.1, 0.15) is 0 Å². The van der Waals surface area contributed by atoms with Gasteiger partial charge in [0.25, 0.3) is 0 Å². The minimum Gasteiger partial charge on any atom is -0.378 e. The van der Waals surface area contributed by atoms with Crippen molar-refractivity contribution in [3.8, 4) is 0 Å². The Kier molecular flexibility index (Phi) is 5.65. The fraction of sp³-hybridized carbons (Fsp3) is 1.00. The van der Waals surface area contributed by atoms with E-state index in [2.05, 4.69) is 13.8 Å². The molecule has 0 spiro atoms. The first-order valence-corrected chi connectivity index (χ1v) is 9.93. The summed E-state index contributed by atoms with van der Waals surface area (Å²) in [6, 6.07) is 0. The van der Waals surface area contributed by atoms with Crippen molar-refractivity contribution in [2.45, 2.75) is 90.6 Å². The maximum atomic E-state index is 6.07. The van der Waals surface area contributed by atoms with Crippen LogP contribution < -0.4 is 0 Å². The molecule has 1 heteroatoms. The predicted molar refractivity (Wildman–Crippen MR) is 89.3 cm³/mol. The molecule has 0 aromatic rings. The van der Waals surface area contributed by atoms with Gasteiger partial charge in [-0.1, -0.05) is 33.1 Å². The Hall–Kier alpha value is -0.0400. The SMILES string of the molecule is CCCO[C@@H]1CCC2C(CCC3C[C@H](CCC)CCC32)C1. The standard InChI is InChI=1S/C20H36O/c1-3-5-15-6-10-19-16(13-15)7-8-17-14-18(21-12-4-2)9-11-20(17)19/h15-20H,3-14H2,1-2H3/t15-,16?,17?,18-,19?,20?/m1/s1. The van der Waals surface area contributed by atoms with Crippen LogP contribution >= 0.6 is 0 Å². The summed E-state index contributed by atoms with van der Waals surface area (Å²) in [5, 5.41) is 0. The van der Waals surface area contributed by atoms with Gasteiger partial charge in [0, 0.05) is 6.61 Å². The van der Waals surface area contributed by atoms with E-state index >= 15 is 0 Å². The highest BCUT2D eigenvalue weighted by atomic mass is 16.5. The van der Waals surface area contributed by atoms with Crippen molar-refractivity contribution in [1.29, 1.82) is 0 Å². The van der Waals surface area contributed by atoms with E-state index in [0.29, 0.717) is 6.10 Å². The van der Waals surface area contributed by atoms with E-state index in [4.69, 9.17) is 4.74 Å². The number of hydrogen-bond acceptors (Lipinski definition) is 1. The minimum atomic E-state index is 0.596. The van der Waals surface area contributed by atoms with Crippen molar-refractivity contribution in [2.75, 3.05) is 6.61 Å². The Labute approximate surface area is 132 Å². The molecule has 3 rings (SSSR count). The molecule has 6 atom stereocenters. The molecule has 0 heterocycles. The van der Waals surface area contributed by atoms with Gasteiger partial charge in [0.2, 0.25) is 0 Å². The van der Waals surface area contributed by atoms with Gasteiger partial charge < -0.3 is 4.74 Å². The van der Waals surface area contributed by atoms with E-state index in [1.165, 1.54) is 57.8 Å². The zero-order chi connectivity index (χ0) is 14.7. The summed E-state index contributed by atoms with van der Waals surface area (Å²) in [5.41, 5.74) is 0. The second-order valence-corrected chi connectivity index (χ2v) is 8.20. The fourth-order valence-electron chi connectivity index (χ4n) is 5.95. The summed E-state index contributed by atoms with van der Waals surface area (Å²) in [6.07, 6.45) is 16.6. The summed E-state index contributed by atoms with van der Waals surface area (Å²) in [7, 11) is 0. The lowest BCUT2D eigenvalue weighted by Crippen LogP contribution is -2.42. The van der Waals surface area contributed by atoms with E-state index < -0.39 is 0 Å². The van der Waals surface area contributed by atoms with Gasteiger partial charge in [-0.25, -0.2) is 0 Å². The quantitative estimate of drug-likeness (QED) is 0.620. The van der Waals surface area contributed by atoms with Gasteiger partial charge in [-0.05, 0) is 81.0 Å². The van der Waals surface area contributed by atoms with Crippen LogP contribution in [0, 0.1) is 29.6 Å². The molecule has 0 saturated heterocycles. The predicted octanol–water partition coefficient (Wildman–Crippen LogP) is 5.82. The third-order valence-corrected chi connectivity index (χ3v) is 6.86. The number of fused-ring (bicyclic) bond motifs is 3. The molecule has 21 heavy (non-hydrogen) atoms. The van der Waals surface area contributed by atoms with Gasteiger partial charge in [0.05, 0.1) is 6.10 Å². The zero-order valence-electron chi connectivity index (χ0n) is 14.4. The van der Waals surface area contributed by atoms with Crippen molar-refractivity contribution in [1.82, 2.24) is 0 Å². The highest BCUT2D eigenvalue weighted by molar-refractivity contribution is 4.94. The summed E-state index contributed by atoms with van der Waals surface area (Å²) < 4.78 is 6.07. The van der Waals surface area contributed by atoms with Crippen LogP contribution in [0.2, 0.25) is 0 Å². The van der Waals surface area contributed by atoms with Crippen molar-refractivity contribution >= 4 is 0 Å². The Morgan fingerprint density at radius 2 is 1.48 bits per heavy atom. The zero-order valence-corrected chi connectivity index (χ0v) is 14.4. The van der Waals surface area contributed by atoms with Crippen LogP contribution in [0.15, 0.2) is 0 Å². The monoisotopic (exact) mass is 292 g/mol. The number of ether oxygens (including phenoxy) is 1. The molecule has 0 aromatic heterocycles. The Balaban J connectivity index is 1.54. The van der Waals surface area contributed by atoms with Crippen LogP contribution in [0.4, 0.5) is 0 Å². The van der Waals surface area contributed by atoms with Gasteiger partial charge in [0.15, 0.2) is 0 Å². The Morgan fingerprint density at radius 1 is 0.762 bits per heavy atom. The average molecular weight is 293 g/mol. The third kappa shape index (κ3) is 3.66. The van der Waals surface area contributed by atoms with E-state index in [-0.39, 0.29) is 0 Å². The molecule has 0 amide bonds. The van der Waals surface area contributed by atoms with Crippen LogP contribution in [0.3, 0.4) is 0 Å². The molecule has 3 saturated carbocycles. The normalized spacial score (nSPS) is 43.1. The van der Waals surface area contributed by atoms with Crippen molar-refractivity contribution in [3.63, 3.8) is 0 Å². The lowest BCUT2D eigenvalue weighted by atomic mass is 9.56. The van der Waals surface area contributed by atoms with Crippen molar-refractivity contribution < 1.29 is 4.74 Å². The smallest absolute Gasteiger partial charge is 0.0578 e. The van der Waals surface area contributed by atoms with E-state index in [1.54, 1.807) is 12.8 Å². The van der Waals surface area contributed by atoms with Crippen LogP contribution in [0.1, 0.15) is 84.5 Å². The summed E-state index contributed by atoms with van der Waals surface area (Å²) in [6.45, 7) is 5.57. The highest BCUT2D eigenvalue weighted by Crippen LogP contribution is 2.53. The van der Waals surface area contributed by atoms with Crippen LogP contribution in [-0.4, -0.2) is 12.7 Å². The van der Waals surface area contributed by atoms with Crippen LogP contribution in [0.25, 0.3) is 0 Å². The summed E-state index contributed by atoms with van der Waals surface area (Å²) >= 11 is 0. The molecule has 0 aliphatic heterocycles. The first-order chi connectivity index (χ1) is 10.3. The average Bonchev–Trinajstić information content (AvgIpc) is 2.52. The summed E-state index contributed by atoms with van der Waals surface area (Å²) in [4.78, 5) is 0. The van der Waals surface area contributed by atoms with E-state index in [0.717, 1.165) is 36.2 Å². The van der Waals surface area contributed by atoms with Crippen LogP contribution in [-0.2, 0) is 4.74 Å². The van der Waals surface area contributed by atoms with Gasteiger partial charge in [-0.15, -0.1) is 0 Å². The van der Waals surface area contributed by atoms with Gasteiger partial charge in [-0.3, -0.25) is 0 Å². The number of rotatable bonds is 5.